The standard InChI is InChI=1S/C22H34N2O3Si/c1-15(2)28(16(3)4,17(5)6)27-21-11-12-23-13-18-9-7-8-10-19(18)24(22(25)26)14-20(21)23/h7-12,15-17,20-21H,13-14H2,1-6H3,(H,25,26). The van der Waals surface area contributed by atoms with Gasteiger partial charge >= 0.3 is 6.09 Å². The molecule has 5 nitrogen and oxygen atoms in total. The molecule has 154 valence electrons. The minimum absolute atomic E-state index is 0.00613. The smallest absolute Gasteiger partial charge is 0.411 e. The third-order valence-corrected chi connectivity index (χ3v) is 12.7. The normalized spacial score (nSPS) is 22.0. The van der Waals surface area contributed by atoms with Crippen LogP contribution in [-0.4, -0.2) is 43.1 Å². The number of rotatable bonds is 5. The summed E-state index contributed by atoms with van der Waals surface area (Å²) in [6.45, 7) is 14.8. The molecule has 6 heteroatoms. The number of nitrogens with zero attached hydrogens (tertiary/aromatic N) is 2. The Hall–Kier alpha value is -1.79. The van der Waals surface area contributed by atoms with Crippen molar-refractivity contribution in [2.45, 2.75) is 76.9 Å². The topological polar surface area (TPSA) is 53.0 Å². The molecule has 28 heavy (non-hydrogen) atoms. The summed E-state index contributed by atoms with van der Waals surface area (Å²) in [5.74, 6) is 0. The van der Waals surface area contributed by atoms with Crippen LogP contribution in [0.25, 0.3) is 0 Å². The molecule has 0 saturated heterocycles. The van der Waals surface area contributed by atoms with E-state index in [2.05, 4.69) is 58.7 Å². The van der Waals surface area contributed by atoms with Crippen LogP contribution in [0.2, 0.25) is 16.6 Å². The SMILES string of the molecule is CC(C)[Si](OC1C=CN2Cc3ccccc3N(C(=O)O)CC12)(C(C)C)C(C)C. The Kier molecular flexibility index (Phi) is 5.91. The average molecular weight is 403 g/mol. The number of carboxylic acid groups (broad SMARTS) is 1. The summed E-state index contributed by atoms with van der Waals surface area (Å²) < 4.78 is 7.03. The first-order chi connectivity index (χ1) is 13.2. The van der Waals surface area contributed by atoms with Gasteiger partial charge in [0.1, 0.15) is 0 Å². The molecule has 1 aromatic carbocycles. The molecule has 2 heterocycles. The number of para-hydroxylation sites is 1. The Morgan fingerprint density at radius 3 is 2.29 bits per heavy atom. The van der Waals surface area contributed by atoms with Crippen molar-refractivity contribution in [1.82, 2.24) is 4.90 Å². The maximum absolute atomic E-state index is 12.0. The van der Waals surface area contributed by atoms with Crippen LogP contribution in [-0.2, 0) is 11.0 Å². The van der Waals surface area contributed by atoms with Crippen molar-refractivity contribution in [2.75, 3.05) is 11.4 Å². The zero-order chi connectivity index (χ0) is 20.6. The second-order valence-electron chi connectivity index (χ2n) is 9.00. The lowest BCUT2D eigenvalue weighted by Crippen LogP contribution is -2.54. The Balaban J connectivity index is 1.93. The highest BCUT2D eigenvalue weighted by Crippen LogP contribution is 2.44. The van der Waals surface area contributed by atoms with Crippen LogP contribution in [0.3, 0.4) is 0 Å². The van der Waals surface area contributed by atoms with Crippen molar-refractivity contribution in [3.63, 3.8) is 0 Å². The number of anilines is 1. The van der Waals surface area contributed by atoms with Crippen LogP contribution >= 0.6 is 0 Å². The molecule has 2 atom stereocenters. The van der Waals surface area contributed by atoms with Crippen molar-refractivity contribution >= 4 is 20.1 Å². The van der Waals surface area contributed by atoms with Gasteiger partial charge in [-0.2, -0.15) is 0 Å². The van der Waals surface area contributed by atoms with Crippen molar-refractivity contribution in [2.24, 2.45) is 0 Å². The van der Waals surface area contributed by atoms with Gasteiger partial charge in [0, 0.05) is 6.54 Å². The molecule has 2 unspecified atom stereocenters. The molecule has 1 aromatic rings. The highest BCUT2D eigenvalue weighted by molar-refractivity contribution is 6.77. The van der Waals surface area contributed by atoms with E-state index in [1.165, 1.54) is 4.90 Å². The van der Waals surface area contributed by atoms with Crippen molar-refractivity contribution in [3.05, 3.63) is 42.1 Å². The summed E-state index contributed by atoms with van der Waals surface area (Å²) in [5, 5.41) is 9.87. The van der Waals surface area contributed by atoms with Gasteiger partial charge in [0.15, 0.2) is 0 Å². The number of carbonyl (C=O) groups is 1. The molecule has 1 amide bonds. The number of fused-ring (bicyclic) bond motifs is 2. The molecule has 0 fully saturated rings. The van der Waals surface area contributed by atoms with E-state index in [1.807, 2.05) is 24.3 Å². The van der Waals surface area contributed by atoms with E-state index >= 15 is 0 Å². The van der Waals surface area contributed by atoms with Gasteiger partial charge < -0.3 is 14.4 Å². The van der Waals surface area contributed by atoms with Crippen LogP contribution in [0.5, 0.6) is 0 Å². The number of hydrogen-bond donors (Lipinski definition) is 1. The average Bonchev–Trinajstić information content (AvgIpc) is 2.89. The van der Waals surface area contributed by atoms with E-state index < -0.39 is 14.4 Å². The first-order valence-electron chi connectivity index (χ1n) is 10.4. The third-order valence-electron chi connectivity index (χ3n) is 6.56. The lowest BCUT2D eigenvalue weighted by atomic mass is 10.1. The predicted octanol–water partition coefficient (Wildman–Crippen LogP) is 5.44. The van der Waals surface area contributed by atoms with Crippen LogP contribution < -0.4 is 4.90 Å². The first-order valence-corrected chi connectivity index (χ1v) is 12.5. The van der Waals surface area contributed by atoms with Gasteiger partial charge in [-0.3, -0.25) is 4.90 Å². The fraction of sp³-hybridized carbons (Fsp3) is 0.591. The van der Waals surface area contributed by atoms with E-state index in [0.717, 1.165) is 11.3 Å². The van der Waals surface area contributed by atoms with Crippen LogP contribution in [0, 0.1) is 0 Å². The number of amides is 1. The van der Waals surface area contributed by atoms with Crippen LogP contribution in [0.4, 0.5) is 10.5 Å². The van der Waals surface area contributed by atoms with Gasteiger partial charge in [-0.15, -0.1) is 0 Å². The summed E-state index contributed by atoms with van der Waals surface area (Å²) in [4.78, 5) is 15.8. The van der Waals surface area contributed by atoms with Gasteiger partial charge in [0.2, 0.25) is 8.32 Å². The van der Waals surface area contributed by atoms with Crippen molar-refractivity contribution in [1.29, 1.82) is 0 Å². The molecule has 0 saturated carbocycles. The largest absolute Gasteiger partial charge is 0.465 e. The maximum atomic E-state index is 12.0. The Bertz CT molecular complexity index is 725. The monoisotopic (exact) mass is 402 g/mol. The summed E-state index contributed by atoms with van der Waals surface area (Å²) >= 11 is 0. The Labute approximate surface area is 170 Å². The number of hydrogen-bond acceptors (Lipinski definition) is 3. The Morgan fingerprint density at radius 1 is 1.11 bits per heavy atom. The quantitative estimate of drug-likeness (QED) is 0.666. The zero-order valence-electron chi connectivity index (χ0n) is 17.9. The number of benzene rings is 1. The highest BCUT2D eigenvalue weighted by atomic mass is 28.4. The van der Waals surface area contributed by atoms with Crippen molar-refractivity contribution < 1.29 is 14.3 Å². The molecule has 0 aromatic heterocycles. The molecular weight excluding hydrogens is 368 g/mol. The minimum atomic E-state index is -2.06. The van der Waals surface area contributed by atoms with Crippen molar-refractivity contribution in [3.8, 4) is 0 Å². The second kappa shape index (κ2) is 7.91. The van der Waals surface area contributed by atoms with Crippen LogP contribution in [0.15, 0.2) is 36.5 Å². The lowest BCUT2D eigenvalue weighted by molar-refractivity contribution is 0.134. The molecule has 2 aliphatic rings. The van der Waals surface area contributed by atoms with Gasteiger partial charge in [0.05, 0.1) is 24.4 Å². The predicted molar refractivity (Wildman–Crippen MR) is 116 cm³/mol. The molecular formula is C22H34N2O3Si. The highest BCUT2D eigenvalue weighted by Gasteiger charge is 2.49. The molecule has 0 aliphatic carbocycles. The third kappa shape index (κ3) is 3.48. The van der Waals surface area contributed by atoms with Gasteiger partial charge in [-0.1, -0.05) is 59.7 Å². The minimum Gasteiger partial charge on any atom is -0.465 e. The zero-order valence-corrected chi connectivity index (χ0v) is 18.9. The summed E-state index contributed by atoms with van der Waals surface area (Å²) in [5.41, 5.74) is 3.31. The first kappa shape index (κ1) is 20.9. The summed E-state index contributed by atoms with van der Waals surface area (Å²) in [6.07, 6.45) is 3.28. The maximum Gasteiger partial charge on any atom is 0.411 e. The van der Waals surface area contributed by atoms with E-state index in [1.54, 1.807) is 0 Å². The van der Waals surface area contributed by atoms with E-state index in [-0.39, 0.29) is 12.1 Å². The van der Waals surface area contributed by atoms with E-state index in [0.29, 0.717) is 29.7 Å². The van der Waals surface area contributed by atoms with Gasteiger partial charge in [-0.05, 0) is 40.5 Å². The van der Waals surface area contributed by atoms with Gasteiger partial charge in [0.25, 0.3) is 0 Å². The summed E-state index contributed by atoms with van der Waals surface area (Å²) in [6, 6.07) is 7.81. The van der Waals surface area contributed by atoms with E-state index in [4.69, 9.17) is 4.43 Å². The summed E-state index contributed by atoms with van der Waals surface area (Å²) in [7, 11) is -2.06. The van der Waals surface area contributed by atoms with E-state index in [9.17, 15) is 9.90 Å². The fourth-order valence-corrected chi connectivity index (χ4v) is 10.9. The van der Waals surface area contributed by atoms with Crippen LogP contribution in [0.1, 0.15) is 47.1 Å². The molecule has 1 N–H and O–H groups in total. The molecule has 2 aliphatic heterocycles. The molecule has 0 bridgehead atoms. The fourth-order valence-electron chi connectivity index (χ4n) is 5.33. The molecule has 0 radical (unpaired) electrons. The van der Waals surface area contributed by atoms with Gasteiger partial charge in [-0.25, -0.2) is 4.79 Å². The Morgan fingerprint density at radius 2 is 1.71 bits per heavy atom. The molecule has 3 rings (SSSR count). The molecule has 0 spiro atoms. The lowest BCUT2D eigenvalue weighted by Gasteiger charge is -2.45. The second-order valence-corrected chi connectivity index (χ2v) is 14.4.